The Morgan fingerprint density at radius 2 is 2.19 bits per heavy atom. The van der Waals surface area contributed by atoms with Gasteiger partial charge in [0.25, 0.3) is 0 Å². The van der Waals surface area contributed by atoms with E-state index in [2.05, 4.69) is 15.6 Å². The lowest BCUT2D eigenvalue weighted by molar-refractivity contribution is 0.256. The molecule has 0 fully saturated rings. The summed E-state index contributed by atoms with van der Waals surface area (Å²) < 4.78 is 13.2. The number of anilines is 1. The molecule has 2 N–H and O–H groups in total. The SMILES string of the molecule is O=C(NC1=NCCS1)Nc1ccccc1F. The molecule has 1 aliphatic heterocycles. The predicted octanol–water partition coefficient (Wildman–Crippen LogP) is 2.05. The average Bonchev–Trinajstić information content (AvgIpc) is 2.74. The van der Waals surface area contributed by atoms with Gasteiger partial charge in [-0.25, -0.2) is 9.18 Å². The summed E-state index contributed by atoms with van der Waals surface area (Å²) in [5.74, 6) is 0.411. The molecule has 1 aromatic carbocycles. The van der Waals surface area contributed by atoms with Crippen LogP contribution in [0.5, 0.6) is 0 Å². The van der Waals surface area contributed by atoms with E-state index in [0.717, 1.165) is 5.75 Å². The van der Waals surface area contributed by atoms with Crippen molar-refractivity contribution < 1.29 is 9.18 Å². The van der Waals surface area contributed by atoms with Gasteiger partial charge in [0, 0.05) is 5.75 Å². The lowest BCUT2D eigenvalue weighted by Crippen LogP contribution is -2.32. The first-order valence-electron chi connectivity index (χ1n) is 4.75. The van der Waals surface area contributed by atoms with Crippen LogP contribution in [0.25, 0.3) is 0 Å². The molecule has 1 aliphatic rings. The zero-order valence-electron chi connectivity index (χ0n) is 8.37. The molecule has 0 bridgehead atoms. The van der Waals surface area contributed by atoms with E-state index in [1.165, 1.54) is 23.9 Å². The summed E-state index contributed by atoms with van der Waals surface area (Å²) in [5, 5.41) is 5.55. The van der Waals surface area contributed by atoms with E-state index in [4.69, 9.17) is 0 Å². The molecule has 2 amide bonds. The highest BCUT2D eigenvalue weighted by molar-refractivity contribution is 8.14. The molecule has 6 heteroatoms. The summed E-state index contributed by atoms with van der Waals surface area (Å²) in [4.78, 5) is 15.5. The number of hydrogen-bond donors (Lipinski definition) is 2. The Labute approximate surface area is 96.3 Å². The lowest BCUT2D eigenvalue weighted by atomic mass is 10.3. The van der Waals surface area contributed by atoms with Crippen LogP contribution in [0.1, 0.15) is 0 Å². The number of nitrogens with zero attached hydrogens (tertiary/aromatic N) is 1. The van der Waals surface area contributed by atoms with Gasteiger partial charge in [0.1, 0.15) is 5.82 Å². The standard InChI is InChI=1S/C10H10FN3OS/c11-7-3-1-2-4-8(7)13-9(15)14-10-12-5-6-16-10/h1-4H,5-6H2,(H2,12,13,14,15). The van der Waals surface area contributed by atoms with Gasteiger partial charge in [-0.1, -0.05) is 23.9 Å². The van der Waals surface area contributed by atoms with E-state index in [1.807, 2.05) is 0 Å². The third-order valence-electron chi connectivity index (χ3n) is 1.93. The van der Waals surface area contributed by atoms with Gasteiger partial charge in [-0.15, -0.1) is 0 Å². The van der Waals surface area contributed by atoms with Gasteiger partial charge in [-0.3, -0.25) is 10.3 Å². The average molecular weight is 239 g/mol. The molecule has 1 heterocycles. The number of nitrogens with one attached hydrogen (secondary N) is 2. The zero-order valence-corrected chi connectivity index (χ0v) is 9.18. The first-order valence-corrected chi connectivity index (χ1v) is 5.74. The largest absolute Gasteiger partial charge is 0.325 e. The molecule has 16 heavy (non-hydrogen) atoms. The molecule has 0 aliphatic carbocycles. The van der Waals surface area contributed by atoms with Crippen molar-refractivity contribution >= 4 is 28.6 Å². The molecule has 0 unspecified atom stereocenters. The summed E-state index contributed by atoms with van der Waals surface area (Å²) in [6.07, 6.45) is 0. The van der Waals surface area contributed by atoms with Gasteiger partial charge in [0.15, 0.2) is 5.17 Å². The number of benzene rings is 1. The normalized spacial score (nSPS) is 14.4. The van der Waals surface area contributed by atoms with Crippen LogP contribution < -0.4 is 10.6 Å². The van der Waals surface area contributed by atoms with Crippen molar-refractivity contribution in [1.82, 2.24) is 5.32 Å². The fourth-order valence-corrected chi connectivity index (χ4v) is 1.95. The monoisotopic (exact) mass is 239 g/mol. The van der Waals surface area contributed by atoms with Crippen LogP contribution in [-0.4, -0.2) is 23.5 Å². The molecule has 2 rings (SSSR count). The maximum absolute atomic E-state index is 13.2. The van der Waals surface area contributed by atoms with E-state index < -0.39 is 11.8 Å². The van der Waals surface area contributed by atoms with Crippen molar-refractivity contribution in [3.05, 3.63) is 30.1 Å². The number of amides is 2. The van der Waals surface area contributed by atoms with Gasteiger partial charge in [-0.2, -0.15) is 0 Å². The molecule has 4 nitrogen and oxygen atoms in total. The molecule has 0 spiro atoms. The van der Waals surface area contributed by atoms with Crippen molar-refractivity contribution in [2.24, 2.45) is 4.99 Å². The molecular weight excluding hydrogens is 229 g/mol. The highest BCUT2D eigenvalue weighted by Gasteiger charge is 2.11. The highest BCUT2D eigenvalue weighted by atomic mass is 32.2. The minimum Gasteiger partial charge on any atom is -0.305 e. The van der Waals surface area contributed by atoms with Gasteiger partial charge >= 0.3 is 6.03 Å². The van der Waals surface area contributed by atoms with Crippen LogP contribution in [0.2, 0.25) is 0 Å². The molecule has 1 aromatic rings. The van der Waals surface area contributed by atoms with Crippen LogP contribution in [0.3, 0.4) is 0 Å². The fraction of sp³-hybridized carbons (Fsp3) is 0.200. The first-order chi connectivity index (χ1) is 7.75. The number of hydrogen-bond acceptors (Lipinski definition) is 3. The maximum atomic E-state index is 13.2. The Bertz CT molecular complexity index is 436. The Hall–Kier alpha value is -1.56. The van der Waals surface area contributed by atoms with Gasteiger partial charge in [0.05, 0.1) is 12.2 Å². The van der Waals surface area contributed by atoms with E-state index >= 15 is 0 Å². The van der Waals surface area contributed by atoms with E-state index in [1.54, 1.807) is 12.1 Å². The Kier molecular flexibility index (Phi) is 3.40. The summed E-state index contributed by atoms with van der Waals surface area (Å²) in [6.45, 7) is 0.708. The molecular formula is C10H10FN3OS. The van der Waals surface area contributed by atoms with Crippen molar-refractivity contribution in [2.45, 2.75) is 0 Å². The minimum atomic E-state index is -0.474. The Balaban J connectivity index is 1.94. The molecule has 84 valence electrons. The van der Waals surface area contributed by atoms with Crippen LogP contribution >= 0.6 is 11.8 Å². The Morgan fingerprint density at radius 1 is 1.38 bits per heavy atom. The van der Waals surface area contributed by atoms with Crippen molar-refractivity contribution in [1.29, 1.82) is 0 Å². The van der Waals surface area contributed by atoms with Crippen LogP contribution in [-0.2, 0) is 0 Å². The summed E-state index contributed by atoms with van der Waals surface area (Å²) >= 11 is 1.47. The van der Waals surface area contributed by atoms with Crippen molar-refractivity contribution in [2.75, 3.05) is 17.6 Å². The second-order valence-electron chi connectivity index (χ2n) is 3.09. The Morgan fingerprint density at radius 3 is 2.88 bits per heavy atom. The third kappa shape index (κ3) is 2.73. The number of para-hydroxylation sites is 1. The van der Waals surface area contributed by atoms with E-state index in [0.29, 0.717) is 11.7 Å². The quantitative estimate of drug-likeness (QED) is 0.788. The first kappa shape index (κ1) is 10.9. The van der Waals surface area contributed by atoms with Crippen molar-refractivity contribution in [3.8, 4) is 0 Å². The second-order valence-corrected chi connectivity index (χ2v) is 4.18. The van der Waals surface area contributed by atoms with E-state index in [9.17, 15) is 9.18 Å². The smallest absolute Gasteiger partial charge is 0.305 e. The third-order valence-corrected chi connectivity index (χ3v) is 2.82. The highest BCUT2D eigenvalue weighted by Crippen LogP contribution is 2.13. The number of thioether (sulfide) groups is 1. The number of carbonyl (C=O) groups excluding carboxylic acids is 1. The molecule has 0 aromatic heterocycles. The molecule has 0 atom stereocenters. The number of urea groups is 1. The lowest BCUT2D eigenvalue weighted by Gasteiger charge is -2.07. The number of halogens is 1. The van der Waals surface area contributed by atoms with Crippen LogP contribution in [0, 0.1) is 5.82 Å². The zero-order chi connectivity index (χ0) is 11.4. The molecule has 0 saturated heterocycles. The minimum absolute atomic E-state index is 0.156. The van der Waals surface area contributed by atoms with Gasteiger partial charge in [0.2, 0.25) is 0 Å². The summed E-state index contributed by atoms with van der Waals surface area (Å²) in [6, 6.07) is 5.53. The molecule has 0 saturated carbocycles. The van der Waals surface area contributed by atoms with Gasteiger partial charge < -0.3 is 5.32 Å². The maximum Gasteiger partial charge on any atom is 0.325 e. The number of rotatable bonds is 1. The number of amidine groups is 1. The van der Waals surface area contributed by atoms with Gasteiger partial charge in [-0.05, 0) is 12.1 Å². The topological polar surface area (TPSA) is 53.5 Å². The fourth-order valence-electron chi connectivity index (χ4n) is 1.22. The van der Waals surface area contributed by atoms with Crippen molar-refractivity contribution in [3.63, 3.8) is 0 Å². The molecule has 0 radical (unpaired) electrons. The number of carbonyl (C=O) groups is 1. The number of aliphatic imine (C=N–C) groups is 1. The van der Waals surface area contributed by atoms with Crippen LogP contribution in [0.15, 0.2) is 29.3 Å². The summed E-state index contributed by atoms with van der Waals surface area (Å²) in [7, 11) is 0. The second kappa shape index (κ2) is 4.98. The van der Waals surface area contributed by atoms with Crippen LogP contribution in [0.4, 0.5) is 14.9 Å². The summed E-state index contributed by atoms with van der Waals surface area (Å²) in [5.41, 5.74) is 0.156. The predicted molar refractivity (Wildman–Crippen MR) is 63.3 cm³/mol. The van der Waals surface area contributed by atoms with E-state index in [-0.39, 0.29) is 5.69 Å².